The summed E-state index contributed by atoms with van der Waals surface area (Å²) >= 11 is 0. The Morgan fingerprint density at radius 3 is 1.72 bits per heavy atom. The lowest BCUT2D eigenvalue weighted by atomic mass is 9.81. The molecule has 0 fully saturated rings. The van der Waals surface area contributed by atoms with Crippen molar-refractivity contribution in [2.45, 2.75) is 19.3 Å². The summed E-state index contributed by atoms with van der Waals surface area (Å²) in [4.78, 5) is 10.7. The molecule has 0 atom stereocenters. The summed E-state index contributed by atoms with van der Waals surface area (Å²) in [5.41, 5.74) is 15.1. The predicted molar refractivity (Wildman–Crippen MR) is 222 cm³/mol. The average molecular weight is 677 g/mol. The topological polar surface area (TPSA) is 25.8 Å². The largest absolute Gasteiger partial charge is 0.228 e. The monoisotopic (exact) mass is 676 g/mol. The maximum absolute atomic E-state index is 5.34. The maximum atomic E-state index is 5.34. The third kappa shape index (κ3) is 5.02. The molecule has 0 N–H and O–H groups in total. The van der Waals surface area contributed by atoms with Gasteiger partial charge in [-0.2, -0.15) is 0 Å². The summed E-state index contributed by atoms with van der Waals surface area (Å²) in [7, 11) is 0. The van der Waals surface area contributed by atoms with Crippen molar-refractivity contribution in [1.29, 1.82) is 0 Å². The zero-order chi connectivity index (χ0) is 35.5. The highest BCUT2D eigenvalue weighted by atomic mass is 14.9. The van der Waals surface area contributed by atoms with Crippen LogP contribution in [0.2, 0.25) is 0 Å². The van der Waals surface area contributed by atoms with Crippen LogP contribution in [0.4, 0.5) is 0 Å². The number of hydrogen-bond acceptors (Lipinski definition) is 2. The second-order valence-electron chi connectivity index (χ2n) is 14.5. The van der Waals surface area contributed by atoms with E-state index in [1.165, 1.54) is 49.5 Å². The highest BCUT2D eigenvalue weighted by Gasteiger charge is 2.36. The third-order valence-electron chi connectivity index (χ3n) is 11.1. The lowest BCUT2D eigenvalue weighted by Gasteiger charge is -2.22. The van der Waals surface area contributed by atoms with Gasteiger partial charge in [0.2, 0.25) is 0 Å². The molecular weight excluding hydrogens is 641 g/mol. The number of aromatic nitrogens is 2. The first-order valence-electron chi connectivity index (χ1n) is 18.3. The Labute approximate surface area is 310 Å². The second kappa shape index (κ2) is 12.3. The minimum absolute atomic E-state index is 0.0664. The molecular formula is C51H36N2. The number of nitrogens with zero attached hydrogens (tertiary/aromatic N) is 2. The number of benzene rings is 8. The third-order valence-corrected chi connectivity index (χ3v) is 11.1. The fourth-order valence-corrected chi connectivity index (χ4v) is 8.57. The summed E-state index contributed by atoms with van der Waals surface area (Å²) in [6, 6.07) is 65.3. The van der Waals surface area contributed by atoms with Crippen molar-refractivity contribution in [3.63, 3.8) is 0 Å². The Morgan fingerprint density at radius 2 is 0.925 bits per heavy atom. The van der Waals surface area contributed by atoms with E-state index in [4.69, 9.17) is 9.97 Å². The number of hydrogen-bond donors (Lipinski definition) is 0. The molecule has 0 radical (unpaired) electrons. The van der Waals surface area contributed by atoms with E-state index in [9.17, 15) is 0 Å². The first kappa shape index (κ1) is 31.1. The standard InChI is InChI=1S/C51H36N2/c1-51(2)44-26-14-13-24-43(44)48-42(25-15-27-45(48)51)40-30-31-41(39-23-12-11-22-38(39)40)46-32-47(53-50(52-46)35-19-7-4-8-20-35)49-36-21-10-9-18-34(36)28-29-37(49)33-16-5-3-6-17-33/h3-32H,1-2H3. The summed E-state index contributed by atoms with van der Waals surface area (Å²) in [5.74, 6) is 0.706. The van der Waals surface area contributed by atoms with Gasteiger partial charge in [-0.1, -0.05) is 190 Å². The summed E-state index contributed by atoms with van der Waals surface area (Å²) < 4.78 is 0. The van der Waals surface area contributed by atoms with Crippen LogP contribution in [0.1, 0.15) is 25.0 Å². The van der Waals surface area contributed by atoms with Crippen LogP contribution in [0.25, 0.3) is 88.8 Å². The molecule has 250 valence electrons. The molecule has 8 aromatic carbocycles. The van der Waals surface area contributed by atoms with Gasteiger partial charge in [0.25, 0.3) is 0 Å². The van der Waals surface area contributed by atoms with Crippen LogP contribution in [0.15, 0.2) is 182 Å². The van der Waals surface area contributed by atoms with E-state index in [1.807, 2.05) is 6.07 Å². The van der Waals surface area contributed by atoms with Gasteiger partial charge in [0.1, 0.15) is 0 Å². The summed E-state index contributed by atoms with van der Waals surface area (Å²) in [6.07, 6.45) is 0. The fourth-order valence-electron chi connectivity index (χ4n) is 8.57. The van der Waals surface area contributed by atoms with E-state index in [0.29, 0.717) is 5.82 Å². The van der Waals surface area contributed by atoms with E-state index in [1.54, 1.807) is 0 Å². The van der Waals surface area contributed by atoms with Crippen molar-refractivity contribution in [3.8, 4) is 67.3 Å². The molecule has 9 aromatic rings. The number of fused-ring (bicyclic) bond motifs is 5. The zero-order valence-corrected chi connectivity index (χ0v) is 29.7. The predicted octanol–water partition coefficient (Wildman–Crippen LogP) is 13.4. The molecule has 10 rings (SSSR count). The minimum atomic E-state index is -0.0664. The molecule has 2 nitrogen and oxygen atoms in total. The maximum Gasteiger partial charge on any atom is 0.160 e. The Hall–Kier alpha value is -6.64. The molecule has 0 aliphatic heterocycles. The van der Waals surface area contributed by atoms with Crippen LogP contribution in [0.3, 0.4) is 0 Å². The van der Waals surface area contributed by atoms with Crippen molar-refractivity contribution in [2.75, 3.05) is 0 Å². The lowest BCUT2D eigenvalue weighted by Crippen LogP contribution is -2.14. The first-order valence-corrected chi connectivity index (χ1v) is 18.3. The van der Waals surface area contributed by atoms with Gasteiger partial charge in [-0.15, -0.1) is 0 Å². The van der Waals surface area contributed by atoms with Gasteiger partial charge >= 0.3 is 0 Å². The molecule has 0 unspecified atom stereocenters. The Bertz CT molecular complexity index is 2850. The van der Waals surface area contributed by atoms with E-state index >= 15 is 0 Å². The fraction of sp³-hybridized carbons (Fsp3) is 0.0588. The van der Waals surface area contributed by atoms with Gasteiger partial charge in [0, 0.05) is 22.1 Å². The van der Waals surface area contributed by atoms with Gasteiger partial charge < -0.3 is 0 Å². The van der Waals surface area contributed by atoms with E-state index < -0.39 is 0 Å². The van der Waals surface area contributed by atoms with Gasteiger partial charge in [-0.3, -0.25) is 0 Å². The molecule has 0 bridgehead atoms. The van der Waals surface area contributed by atoms with Crippen LogP contribution in [0, 0.1) is 0 Å². The van der Waals surface area contributed by atoms with Crippen molar-refractivity contribution < 1.29 is 0 Å². The first-order chi connectivity index (χ1) is 26.1. The second-order valence-corrected chi connectivity index (χ2v) is 14.5. The average Bonchev–Trinajstić information content (AvgIpc) is 3.46. The molecule has 1 aliphatic rings. The Kier molecular flexibility index (Phi) is 7.19. The van der Waals surface area contributed by atoms with E-state index in [0.717, 1.165) is 44.6 Å². The summed E-state index contributed by atoms with van der Waals surface area (Å²) in [6.45, 7) is 4.69. The van der Waals surface area contributed by atoms with Crippen LogP contribution >= 0.6 is 0 Å². The Morgan fingerprint density at radius 1 is 0.358 bits per heavy atom. The highest BCUT2D eigenvalue weighted by molar-refractivity contribution is 6.09. The molecule has 53 heavy (non-hydrogen) atoms. The molecule has 0 saturated carbocycles. The van der Waals surface area contributed by atoms with Crippen molar-refractivity contribution in [3.05, 3.63) is 193 Å². The molecule has 0 saturated heterocycles. The van der Waals surface area contributed by atoms with Crippen molar-refractivity contribution >= 4 is 21.5 Å². The quantitative estimate of drug-likeness (QED) is 0.181. The van der Waals surface area contributed by atoms with Crippen LogP contribution in [-0.4, -0.2) is 9.97 Å². The van der Waals surface area contributed by atoms with Crippen molar-refractivity contribution in [1.82, 2.24) is 9.97 Å². The van der Waals surface area contributed by atoms with Gasteiger partial charge in [0.05, 0.1) is 11.4 Å². The molecule has 0 spiro atoms. The minimum Gasteiger partial charge on any atom is -0.228 e. The van der Waals surface area contributed by atoms with Gasteiger partial charge in [-0.05, 0) is 72.1 Å². The molecule has 2 heteroatoms. The zero-order valence-electron chi connectivity index (χ0n) is 29.7. The summed E-state index contributed by atoms with van der Waals surface area (Å²) in [5, 5.41) is 4.72. The van der Waals surface area contributed by atoms with Gasteiger partial charge in [0.15, 0.2) is 5.82 Å². The van der Waals surface area contributed by atoms with E-state index in [2.05, 4.69) is 190 Å². The smallest absolute Gasteiger partial charge is 0.160 e. The SMILES string of the molecule is CC1(C)c2ccccc2-c2c(-c3ccc(-c4cc(-c5c(-c6ccccc6)ccc6ccccc56)nc(-c5ccccc5)n4)c4ccccc34)cccc21. The molecule has 0 amide bonds. The lowest BCUT2D eigenvalue weighted by molar-refractivity contribution is 0.660. The van der Waals surface area contributed by atoms with Crippen LogP contribution in [0.5, 0.6) is 0 Å². The molecule has 1 aromatic heterocycles. The van der Waals surface area contributed by atoms with Crippen LogP contribution in [-0.2, 0) is 5.41 Å². The molecule has 1 heterocycles. The van der Waals surface area contributed by atoms with Crippen LogP contribution < -0.4 is 0 Å². The molecule has 1 aliphatic carbocycles. The van der Waals surface area contributed by atoms with Crippen molar-refractivity contribution in [2.24, 2.45) is 0 Å². The normalized spacial score (nSPS) is 12.9. The Balaban J connectivity index is 1.23. The van der Waals surface area contributed by atoms with Gasteiger partial charge in [-0.25, -0.2) is 9.97 Å². The van der Waals surface area contributed by atoms with E-state index in [-0.39, 0.29) is 5.41 Å². The highest BCUT2D eigenvalue weighted by Crippen LogP contribution is 2.53. The number of rotatable bonds is 5.